The molecular formula is C16H28ClN3O4S2. The van der Waals surface area contributed by atoms with Crippen LogP contribution in [0.2, 0.25) is 0 Å². The summed E-state index contributed by atoms with van der Waals surface area (Å²) in [5.41, 5.74) is 0.398. The van der Waals surface area contributed by atoms with Crippen molar-refractivity contribution < 1.29 is 16.8 Å². The van der Waals surface area contributed by atoms with Gasteiger partial charge in [-0.2, -0.15) is 0 Å². The third kappa shape index (κ3) is 5.17. The highest BCUT2D eigenvalue weighted by molar-refractivity contribution is 7.90. The number of hydrogen-bond donors (Lipinski definition) is 3. The van der Waals surface area contributed by atoms with Crippen LogP contribution in [-0.2, 0) is 20.0 Å². The number of benzene rings is 1. The molecule has 0 bridgehead atoms. The van der Waals surface area contributed by atoms with Crippen molar-refractivity contribution in [3.63, 3.8) is 0 Å². The molecule has 150 valence electrons. The van der Waals surface area contributed by atoms with Gasteiger partial charge in [-0.05, 0) is 62.5 Å². The van der Waals surface area contributed by atoms with Crippen LogP contribution < -0.4 is 14.8 Å². The monoisotopic (exact) mass is 425 g/mol. The Morgan fingerprint density at radius 1 is 1.19 bits per heavy atom. The number of nitrogens with one attached hydrogen (secondary N) is 3. The van der Waals surface area contributed by atoms with Crippen molar-refractivity contribution in [2.45, 2.75) is 49.4 Å². The van der Waals surface area contributed by atoms with Crippen LogP contribution in [0.5, 0.6) is 0 Å². The van der Waals surface area contributed by atoms with Gasteiger partial charge in [0.15, 0.2) is 0 Å². The fraction of sp³-hybridized carbons (Fsp3) is 0.625. The van der Waals surface area contributed by atoms with Gasteiger partial charge in [0.2, 0.25) is 20.0 Å². The van der Waals surface area contributed by atoms with Crippen LogP contribution in [0.1, 0.15) is 32.3 Å². The molecule has 1 unspecified atom stereocenters. The average Bonchev–Trinajstić information content (AvgIpc) is 2.53. The zero-order chi connectivity index (χ0) is 18.9. The highest BCUT2D eigenvalue weighted by Gasteiger charge is 2.32. The molecule has 3 N–H and O–H groups in total. The fourth-order valence-electron chi connectivity index (χ4n) is 3.10. The van der Waals surface area contributed by atoms with Crippen molar-refractivity contribution in [2.24, 2.45) is 5.41 Å². The lowest BCUT2D eigenvalue weighted by molar-refractivity contribution is 0.181. The minimum Gasteiger partial charge on any atom is -0.312 e. The fourth-order valence-corrected chi connectivity index (χ4v) is 5.18. The number of aryl methyl sites for hydroxylation is 1. The Hall–Kier alpha value is -0.710. The summed E-state index contributed by atoms with van der Waals surface area (Å²) in [4.78, 5) is 0.137. The van der Waals surface area contributed by atoms with Gasteiger partial charge in [0, 0.05) is 12.6 Å². The van der Waals surface area contributed by atoms with Crippen molar-refractivity contribution in [2.75, 3.05) is 20.1 Å². The second-order valence-electron chi connectivity index (χ2n) is 7.09. The molecule has 2 rings (SSSR count). The highest BCUT2D eigenvalue weighted by atomic mass is 35.5. The lowest BCUT2D eigenvalue weighted by Crippen LogP contribution is -2.52. The van der Waals surface area contributed by atoms with E-state index in [2.05, 4.69) is 28.6 Å². The lowest BCUT2D eigenvalue weighted by Gasteiger charge is -2.39. The van der Waals surface area contributed by atoms with Gasteiger partial charge < -0.3 is 5.32 Å². The minimum absolute atomic E-state index is 0. The van der Waals surface area contributed by atoms with E-state index in [0.29, 0.717) is 12.1 Å². The molecule has 10 heteroatoms. The van der Waals surface area contributed by atoms with Gasteiger partial charge in [0.05, 0.1) is 9.79 Å². The molecule has 1 heterocycles. The van der Waals surface area contributed by atoms with Gasteiger partial charge in [-0.25, -0.2) is 26.3 Å². The SMILES string of the molecule is CNS(=O)(=O)c1ccc(S(=O)(=O)NCC2NCCCC2(C)C)cc1C.Cl. The quantitative estimate of drug-likeness (QED) is 0.638. The lowest BCUT2D eigenvalue weighted by atomic mass is 9.78. The summed E-state index contributed by atoms with van der Waals surface area (Å²) >= 11 is 0. The Morgan fingerprint density at radius 3 is 2.38 bits per heavy atom. The number of halogens is 1. The molecule has 1 aliphatic heterocycles. The molecule has 1 atom stereocenters. The van der Waals surface area contributed by atoms with Gasteiger partial charge in [0.25, 0.3) is 0 Å². The summed E-state index contributed by atoms with van der Waals surface area (Å²) in [5, 5.41) is 3.37. The van der Waals surface area contributed by atoms with Crippen molar-refractivity contribution in [1.82, 2.24) is 14.8 Å². The molecule has 0 amide bonds. The number of hydrogen-bond acceptors (Lipinski definition) is 5. The summed E-state index contributed by atoms with van der Waals surface area (Å²) in [6.45, 7) is 7.00. The number of rotatable bonds is 6. The van der Waals surface area contributed by atoms with Gasteiger partial charge in [-0.15, -0.1) is 12.4 Å². The molecule has 1 aliphatic rings. The number of piperidine rings is 1. The van der Waals surface area contributed by atoms with Crippen LogP contribution in [0.15, 0.2) is 28.0 Å². The zero-order valence-corrected chi connectivity index (χ0v) is 17.9. The summed E-state index contributed by atoms with van der Waals surface area (Å²) < 4.78 is 53.8. The van der Waals surface area contributed by atoms with E-state index in [0.717, 1.165) is 19.4 Å². The summed E-state index contributed by atoms with van der Waals surface area (Å²) in [6.07, 6.45) is 2.12. The molecule has 0 aromatic heterocycles. The molecule has 0 radical (unpaired) electrons. The van der Waals surface area contributed by atoms with Crippen molar-refractivity contribution >= 4 is 32.5 Å². The van der Waals surface area contributed by atoms with E-state index in [9.17, 15) is 16.8 Å². The van der Waals surface area contributed by atoms with Crippen molar-refractivity contribution in [3.05, 3.63) is 23.8 Å². The first kappa shape index (κ1) is 23.3. The molecule has 26 heavy (non-hydrogen) atoms. The van der Waals surface area contributed by atoms with E-state index in [1.807, 2.05) is 0 Å². The first-order valence-corrected chi connectivity index (χ1v) is 11.2. The Balaban J connectivity index is 0.00000338. The molecule has 7 nitrogen and oxygen atoms in total. The zero-order valence-electron chi connectivity index (χ0n) is 15.5. The van der Waals surface area contributed by atoms with Crippen molar-refractivity contribution in [1.29, 1.82) is 0 Å². The van der Waals surface area contributed by atoms with Gasteiger partial charge in [0.1, 0.15) is 0 Å². The molecular weight excluding hydrogens is 398 g/mol. The summed E-state index contributed by atoms with van der Waals surface area (Å²) in [5.74, 6) is 0. The van der Waals surface area contributed by atoms with Crippen LogP contribution in [0, 0.1) is 12.3 Å². The maximum atomic E-state index is 12.6. The first-order valence-electron chi connectivity index (χ1n) is 8.27. The van der Waals surface area contributed by atoms with Crippen LogP contribution in [0.4, 0.5) is 0 Å². The standard InChI is InChI=1S/C16H27N3O4S2.ClH/c1-12-10-13(6-7-14(12)25(22,23)17-4)24(20,21)19-11-15-16(2,3)8-5-9-18-15;/h6-7,10,15,17-19H,5,8-9,11H2,1-4H3;1H. The predicted octanol–water partition coefficient (Wildman–Crippen LogP) is 1.38. The molecule has 1 aromatic carbocycles. The second-order valence-corrected chi connectivity index (χ2v) is 10.7. The molecule has 0 saturated carbocycles. The largest absolute Gasteiger partial charge is 0.312 e. The number of sulfonamides is 2. The smallest absolute Gasteiger partial charge is 0.240 e. The maximum absolute atomic E-state index is 12.6. The van der Waals surface area contributed by atoms with E-state index in [1.165, 1.54) is 25.2 Å². The Bertz CT molecular complexity index is 839. The van der Waals surface area contributed by atoms with E-state index in [-0.39, 0.29) is 33.7 Å². The van der Waals surface area contributed by atoms with Crippen molar-refractivity contribution in [3.8, 4) is 0 Å². The van der Waals surface area contributed by atoms with Gasteiger partial charge >= 0.3 is 0 Å². The first-order chi connectivity index (χ1) is 11.5. The molecule has 1 fully saturated rings. The third-order valence-corrected chi connectivity index (χ3v) is 7.82. The second kappa shape index (κ2) is 8.53. The molecule has 1 aromatic rings. The predicted molar refractivity (Wildman–Crippen MR) is 105 cm³/mol. The minimum atomic E-state index is -3.71. The Kier molecular flexibility index (Phi) is 7.66. The van der Waals surface area contributed by atoms with Crippen LogP contribution in [-0.4, -0.2) is 43.0 Å². The van der Waals surface area contributed by atoms with Crippen LogP contribution >= 0.6 is 12.4 Å². The van der Waals surface area contributed by atoms with E-state index in [1.54, 1.807) is 6.92 Å². The molecule has 1 saturated heterocycles. The van der Waals surface area contributed by atoms with Gasteiger partial charge in [-0.1, -0.05) is 13.8 Å². The van der Waals surface area contributed by atoms with Gasteiger partial charge in [-0.3, -0.25) is 0 Å². The third-order valence-electron chi connectivity index (χ3n) is 4.82. The maximum Gasteiger partial charge on any atom is 0.240 e. The summed E-state index contributed by atoms with van der Waals surface area (Å²) in [6, 6.07) is 4.07. The molecule has 0 aliphatic carbocycles. The summed E-state index contributed by atoms with van der Waals surface area (Å²) in [7, 11) is -6.00. The highest BCUT2D eigenvalue weighted by Crippen LogP contribution is 2.30. The van der Waals surface area contributed by atoms with E-state index in [4.69, 9.17) is 0 Å². The van der Waals surface area contributed by atoms with Crippen LogP contribution in [0.3, 0.4) is 0 Å². The topological polar surface area (TPSA) is 104 Å². The van der Waals surface area contributed by atoms with E-state index >= 15 is 0 Å². The molecule has 0 spiro atoms. The van der Waals surface area contributed by atoms with E-state index < -0.39 is 20.0 Å². The Morgan fingerprint density at radius 2 is 1.85 bits per heavy atom. The Labute approximate surface area is 162 Å². The van der Waals surface area contributed by atoms with Crippen LogP contribution in [0.25, 0.3) is 0 Å². The average molecular weight is 426 g/mol. The normalized spacial score (nSPS) is 20.4.